The van der Waals surface area contributed by atoms with Crippen molar-refractivity contribution in [2.45, 2.75) is 18.4 Å². The van der Waals surface area contributed by atoms with Crippen molar-refractivity contribution in [3.63, 3.8) is 0 Å². The Morgan fingerprint density at radius 1 is 1.28 bits per heavy atom. The maximum Gasteiger partial charge on any atom is 0.175 e. The molecule has 0 saturated carbocycles. The molecular formula is C13H15NO3S. The third-order valence-corrected chi connectivity index (χ3v) is 3.78. The minimum Gasteiger partial charge on any atom is -0.467 e. The molecule has 0 amide bonds. The van der Waals surface area contributed by atoms with Crippen LogP contribution in [-0.2, 0) is 16.4 Å². The number of benzene rings is 1. The lowest BCUT2D eigenvalue weighted by atomic mass is 10.2. The van der Waals surface area contributed by atoms with Crippen LogP contribution in [0.1, 0.15) is 11.3 Å². The van der Waals surface area contributed by atoms with Crippen LogP contribution in [0.5, 0.6) is 0 Å². The van der Waals surface area contributed by atoms with Gasteiger partial charge in [0.25, 0.3) is 0 Å². The summed E-state index contributed by atoms with van der Waals surface area (Å²) in [6, 6.07) is 8.73. The van der Waals surface area contributed by atoms with E-state index in [0.29, 0.717) is 11.4 Å². The largest absolute Gasteiger partial charge is 0.467 e. The van der Waals surface area contributed by atoms with Gasteiger partial charge in [-0.15, -0.1) is 0 Å². The first kappa shape index (κ1) is 12.7. The number of aryl methyl sites for hydroxylation is 1. The predicted octanol–water partition coefficient (Wildman–Crippen LogP) is 2.60. The zero-order valence-electron chi connectivity index (χ0n) is 10.3. The van der Waals surface area contributed by atoms with Gasteiger partial charge in [0.1, 0.15) is 5.76 Å². The van der Waals surface area contributed by atoms with E-state index in [4.69, 9.17) is 4.42 Å². The van der Waals surface area contributed by atoms with Crippen LogP contribution in [0, 0.1) is 6.92 Å². The van der Waals surface area contributed by atoms with Gasteiger partial charge in [0.15, 0.2) is 9.84 Å². The second-order valence-corrected chi connectivity index (χ2v) is 6.20. The molecule has 4 nitrogen and oxygen atoms in total. The number of rotatable bonds is 4. The van der Waals surface area contributed by atoms with E-state index in [1.54, 1.807) is 24.5 Å². The normalized spacial score (nSPS) is 11.4. The first-order valence-electron chi connectivity index (χ1n) is 5.54. The molecule has 0 radical (unpaired) electrons. The van der Waals surface area contributed by atoms with Crippen molar-refractivity contribution in [2.75, 3.05) is 11.6 Å². The van der Waals surface area contributed by atoms with Gasteiger partial charge >= 0.3 is 0 Å². The molecule has 0 aliphatic carbocycles. The van der Waals surface area contributed by atoms with Crippen molar-refractivity contribution in [2.24, 2.45) is 0 Å². The van der Waals surface area contributed by atoms with Crippen LogP contribution < -0.4 is 5.32 Å². The van der Waals surface area contributed by atoms with Crippen LogP contribution in [-0.4, -0.2) is 14.7 Å². The topological polar surface area (TPSA) is 59.3 Å². The highest BCUT2D eigenvalue weighted by atomic mass is 32.2. The van der Waals surface area contributed by atoms with E-state index in [2.05, 4.69) is 5.32 Å². The van der Waals surface area contributed by atoms with Gasteiger partial charge < -0.3 is 9.73 Å². The molecule has 1 N–H and O–H groups in total. The Morgan fingerprint density at radius 2 is 2.06 bits per heavy atom. The highest BCUT2D eigenvalue weighted by molar-refractivity contribution is 7.90. The standard InChI is InChI=1S/C13H15NO3S/c1-10-5-6-12(18(2,15)16)8-13(10)14-9-11-4-3-7-17-11/h3-8,14H,9H2,1-2H3. The first-order valence-corrected chi connectivity index (χ1v) is 7.43. The SMILES string of the molecule is Cc1ccc(S(C)(=O)=O)cc1NCc1ccco1. The lowest BCUT2D eigenvalue weighted by Crippen LogP contribution is -2.03. The van der Waals surface area contributed by atoms with E-state index >= 15 is 0 Å². The van der Waals surface area contributed by atoms with Gasteiger partial charge in [-0.25, -0.2) is 8.42 Å². The van der Waals surface area contributed by atoms with Crippen LogP contribution in [0.4, 0.5) is 5.69 Å². The van der Waals surface area contributed by atoms with E-state index in [0.717, 1.165) is 17.0 Å². The Kier molecular flexibility index (Phi) is 3.43. The van der Waals surface area contributed by atoms with Gasteiger partial charge in [-0.05, 0) is 36.8 Å². The molecule has 2 aromatic rings. The second kappa shape index (κ2) is 4.86. The molecule has 2 rings (SSSR count). The molecule has 1 aromatic carbocycles. The zero-order valence-corrected chi connectivity index (χ0v) is 11.1. The van der Waals surface area contributed by atoms with E-state index in [-0.39, 0.29) is 0 Å². The van der Waals surface area contributed by atoms with Gasteiger partial charge in [0.2, 0.25) is 0 Å². The lowest BCUT2D eigenvalue weighted by Gasteiger charge is -2.09. The number of nitrogens with one attached hydrogen (secondary N) is 1. The molecule has 0 spiro atoms. The number of hydrogen-bond acceptors (Lipinski definition) is 4. The molecule has 96 valence electrons. The predicted molar refractivity (Wildman–Crippen MR) is 70.3 cm³/mol. The zero-order chi connectivity index (χ0) is 13.2. The Balaban J connectivity index is 2.22. The van der Waals surface area contributed by atoms with Crippen LogP contribution in [0.3, 0.4) is 0 Å². The van der Waals surface area contributed by atoms with Crippen molar-refractivity contribution in [3.8, 4) is 0 Å². The van der Waals surface area contributed by atoms with E-state index in [1.807, 2.05) is 19.1 Å². The minimum atomic E-state index is -3.18. The fraction of sp³-hybridized carbons (Fsp3) is 0.231. The molecular weight excluding hydrogens is 250 g/mol. The lowest BCUT2D eigenvalue weighted by molar-refractivity contribution is 0.518. The quantitative estimate of drug-likeness (QED) is 0.923. The van der Waals surface area contributed by atoms with Gasteiger partial charge in [-0.1, -0.05) is 6.07 Å². The summed E-state index contributed by atoms with van der Waals surface area (Å²) in [6.45, 7) is 2.46. The molecule has 18 heavy (non-hydrogen) atoms. The van der Waals surface area contributed by atoms with Gasteiger partial charge in [-0.3, -0.25) is 0 Å². The highest BCUT2D eigenvalue weighted by Gasteiger charge is 2.09. The summed E-state index contributed by atoms with van der Waals surface area (Å²) in [6.07, 6.45) is 2.81. The van der Waals surface area contributed by atoms with Crippen LogP contribution in [0.15, 0.2) is 45.9 Å². The summed E-state index contributed by atoms with van der Waals surface area (Å²) in [4.78, 5) is 0.315. The number of sulfone groups is 1. The number of anilines is 1. The molecule has 0 saturated heterocycles. The maximum atomic E-state index is 11.5. The fourth-order valence-electron chi connectivity index (χ4n) is 1.62. The van der Waals surface area contributed by atoms with Crippen molar-refractivity contribution in [1.29, 1.82) is 0 Å². The highest BCUT2D eigenvalue weighted by Crippen LogP contribution is 2.20. The van der Waals surface area contributed by atoms with Gasteiger partial charge in [-0.2, -0.15) is 0 Å². The monoisotopic (exact) mass is 265 g/mol. The molecule has 0 fully saturated rings. The molecule has 0 unspecified atom stereocenters. The van der Waals surface area contributed by atoms with E-state index in [1.165, 1.54) is 6.26 Å². The minimum absolute atomic E-state index is 0.315. The average molecular weight is 265 g/mol. The Hall–Kier alpha value is -1.75. The summed E-state index contributed by atoms with van der Waals surface area (Å²) in [5, 5.41) is 3.17. The summed E-state index contributed by atoms with van der Waals surface area (Å²) >= 11 is 0. The summed E-state index contributed by atoms with van der Waals surface area (Å²) in [5.41, 5.74) is 1.79. The molecule has 0 aliphatic rings. The van der Waals surface area contributed by atoms with Crippen molar-refractivity contribution >= 4 is 15.5 Å². The molecule has 5 heteroatoms. The third-order valence-electron chi connectivity index (χ3n) is 2.67. The smallest absolute Gasteiger partial charge is 0.175 e. The molecule has 0 atom stereocenters. The Bertz CT molecular complexity index is 630. The van der Waals surface area contributed by atoms with Crippen molar-refractivity contribution in [1.82, 2.24) is 0 Å². The Morgan fingerprint density at radius 3 is 2.67 bits per heavy atom. The van der Waals surface area contributed by atoms with Crippen molar-refractivity contribution < 1.29 is 12.8 Å². The van der Waals surface area contributed by atoms with Crippen LogP contribution in [0.2, 0.25) is 0 Å². The van der Waals surface area contributed by atoms with E-state index in [9.17, 15) is 8.42 Å². The van der Waals surface area contributed by atoms with Crippen LogP contribution >= 0.6 is 0 Å². The average Bonchev–Trinajstić information content (AvgIpc) is 2.79. The third kappa shape index (κ3) is 2.92. The fourth-order valence-corrected chi connectivity index (χ4v) is 2.26. The van der Waals surface area contributed by atoms with Gasteiger partial charge in [0.05, 0.1) is 17.7 Å². The summed E-state index contributed by atoms with van der Waals surface area (Å²) in [7, 11) is -3.18. The first-order chi connectivity index (χ1) is 8.47. The van der Waals surface area contributed by atoms with Crippen molar-refractivity contribution in [3.05, 3.63) is 47.9 Å². The molecule has 1 heterocycles. The van der Waals surface area contributed by atoms with Gasteiger partial charge in [0, 0.05) is 11.9 Å². The second-order valence-electron chi connectivity index (χ2n) is 4.18. The molecule has 1 aromatic heterocycles. The maximum absolute atomic E-state index is 11.5. The number of furan rings is 1. The van der Waals surface area contributed by atoms with E-state index < -0.39 is 9.84 Å². The summed E-state index contributed by atoms with van der Waals surface area (Å²) < 4.78 is 28.2. The summed E-state index contributed by atoms with van der Waals surface area (Å²) in [5.74, 6) is 0.805. The van der Waals surface area contributed by atoms with Crippen LogP contribution in [0.25, 0.3) is 0 Å². The molecule has 0 aliphatic heterocycles. The number of hydrogen-bond donors (Lipinski definition) is 1. The Labute approximate surface area is 107 Å². The molecule has 0 bridgehead atoms.